The number of methoxy groups -OCH3 is 1. The number of amides is 1. The highest BCUT2D eigenvalue weighted by Gasteiger charge is 2.57. The van der Waals surface area contributed by atoms with Crippen LogP contribution in [0.15, 0.2) is 30.3 Å². The molecule has 0 spiro atoms. The van der Waals surface area contributed by atoms with Gasteiger partial charge in [0.25, 0.3) is 0 Å². The van der Waals surface area contributed by atoms with Gasteiger partial charge in [-0.25, -0.2) is 4.79 Å². The molecule has 21 heavy (non-hydrogen) atoms. The molecule has 1 unspecified atom stereocenters. The highest BCUT2D eigenvalue weighted by molar-refractivity contribution is 5.71. The van der Waals surface area contributed by atoms with Crippen LogP contribution in [-0.4, -0.2) is 37.2 Å². The van der Waals surface area contributed by atoms with E-state index in [0.717, 1.165) is 5.56 Å². The van der Waals surface area contributed by atoms with Gasteiger partial charge >= 0.3 is 12.1 Å². The highest BCUT2D eigenvalue weighted by Crippen LogP contribution is 2.53. The first-order chi connectivity index (χ1) is 10.2. The fourth-order valence-electron chi connectivity index (χ4n) is 3.19. The molecule has 0 N–H and O–H groups in total. The van der Waals surface area contributed by atoms with Gasteiger partial charge in [-0.05, 0) is 23.3 Å². The van der Waals surface area contributed by atoms with Gasteiger partial charge in [-0.3, -0.25) is 4.79 Å². The smallest absolute Gasteiger partial charge is 0.410 e. The van der Waals surface area contributed by atoms with Gasteiger partial charge in [0.1, 0.15) is 6.61 Å². The minimum atomic E-state index is -0.261. The minimum Gasteiger partial charge on any atom is -0.469 e. The third-order valence-corrected chi connectivity index (χ3v) is 4.46. The fraction of sp³-hybridized carbons (Fsp3) is 0.500. The molecule has 1 amide bonds. The van der Waals surface area contributed by atoms with E-state index in [1.807, 2.05) is 30.3 Å². The molecule has 3 atom stereocenters. The fourth-order valence-corrected chi connectivity index (χ4v) is 3.19. The summed E-state index contributed by atoms with van der Waals surface area (Å²) in [5.41, 5.74) is 0.985. The predicted molar refractivity (Wildman–Crippen MR) is 75.3 cm³/mol. The van der Waals surface area contributed by atoms with Crippen LogP contribution in [0.25, 0.3) is 0 Å². The zero-order chi connectivity index (χ0) is 14.8. The summed E-state index contributed by atoms with van der Waals surface area (Å²) in [7, 11) is 1.41. The van der Waals surface area contributed by atoms with Crippen LogP contribution < -0.4 is 0 Å². The molecule has 1 aliphatic carbocycles. The SMILES string of the molecule is COC(=O)C[C@H]1C2CN(C(=O)OCc3ccccc3)C[C@H]21. The van der Waals surface area contributed by atoms with Gasteiger partial charge in [-0.2, -0.15) is 0 Å². The van der Waals surface area contributed by atoms with E-state index in [1.54, 1.807) is 4.90 Å². The molecule has 1 aromatic rings. The average Bonchev–Trinajstić information content (AvgIpc) is 2.96. The van der Waals surface area contributed by atoms with Crippen molar-refractivity contribution in [3.05, 3.63) is 35.9 Å². The van der Waals surface area contributed by atoms with E-state index in [2.05, 4.69) is 4.74 Å². The number of ether oxygens (including phenoxy) is 2. The molecule has 1 aliphatic heterocycles. The second-order valence-corrected chi connectivity index (χ2v) is 5.72. The summed E-state index contributed by atoms with van der Waals surface area (Å²) in [6.45, 7) is 1.69. The Morgan fingerprint density at radius 3 is 2.48 bits per heavy atom. The number of esters is 1. The number of nitrogens with zero attached hydrogens (tertiary/aromatic N) is 1. The molecule has 5 heteroatoms. The molecule has 1 saturated carbocycles. The largest absolute Gasteiger partial charge is 0.469 e. The van der Waals surface area contributed by atoms with Crippen molar-refractivity contribution in [1.82, 2.24) is 4.90 Å². The van der Waals surface area contributed by atoms with Crippen molar-refractivity contribution in [1.29, 1.82) is 0 Å². The summed E-state index contributed by atoms with van der Waals surface area (Å²) < 4.78 is 10.00. The van der Waals surface area contributed by atoms with Crippen molar-refractivity contribution in [3.63, 3.8) is 0 Å². The van der Waals surface area contributed by atoms with Crippen LogP contribution in [0.1, 0.15) is 12.0 Å². The van der Waals surface area contributed by atoms with Crippen molar-refractivity contribution in [2.75, 3.05) is 20.2 Å². The van der Waals surface area contributed by atoms with Gasteiger partial charge in [0.05, 0.1) is 7.11 Å². The number of benzene rings is 1. The summed E-state index contributed by atoms with van der Waals surface area (Å²) in [5.74, 6) is 1.10. The molecule has 0 radical (unpaired) electrons. The third kappa shape index (κ3) is 3.01. The van der Waals surface area contributed by atoms with Crippen LogP contribution in [0.2, 0.25) is 0 Å². The average molecular weight is 289 g/mol. The number of piperidine rings is 1. The molecular formula is C16H19NO4. The predicted octanol–water partition coefficient (Wildman–Crippen LogP) is 2.06. The topological polar surface area (TPSA) is 55.8 Å². The van der Waals surface area contributed by atoms with Gasteiger partial charge in [0, 0.05) is 19.5 Å². The van der Waals surface area contributed by atoms with Crippen molar-refractivity contribution in [2.24, 2.45) is 17.8 Å². The molecule has 0 aromatic heterocycles. The van der Waals surface area contributed by atoms with E-state index in [-0.39, 0.29) is 12.1 Å². The lowest BCUT2D eigenvalue weighted by Crippen LogP contribution is -2.32. The molecule has 1 heterocycles. The molecule has 2 fully saturated rings. The second kappa shape index (κ2) is 5.76. The number of carbonyl (C=O) groups excluding carboxylic acids is 2. The molecule has 5 nitrogen and oxygen atoms in total. The number of carbonyl (C=O) groups is 2. The summed E-state index contributed by atoms with van der Waals surface area (Å²) in [6, 6.07) is 9.64. The lowest BCUT2D eigenvalue weighted by molar-refractivity contribution is -0.141. The maximum Gasteiger partial charge on any atom is 0.410 e. The van der Waals surface area contributed by atoms with E-state index in [1.165, 1.54) is 7.11 Å². The Morgan fingerprint density at radius 1 is 1.19 bits per heavy atom. The van der Waals surface area contributed by atoms with Gasteiger partial charge in [0.15, 0.2) is 0 Å². The Kier molecular flexibility index (Phi) is 3.82. The standard InChI is InChI=1S/C16H19NO4/c1-20-15(18)7-12-13-8-17(9-14(12)13)16(19)21-10-11-5-3-2-4-6-11/h2-6,12-14H,7-10H2,1H3/t12-,13+,14?/m1/s1. The van der Waals surface area contributed by atoms with Gasteiger partial charge < -0.3 is 14.4 Å². The van der Waals surface area contributed by atoms with Crippen LogP contribution in [-0.2, 0) is 20.9 Å². The normalized spacial score (nSPS) is 26.1. The van der Waals surface area contributed by atoms with Crippen LogP contribution in [0.4, 0.5) is 4.79 Å². The zero-order valence-corrected chi connectivity index (χ0v) is 12.0. The number of hydrogen-bond donors (Lipinski definition) is 0. The Morgan fingerprint density at radius 2 is 1.86 bits per heavy atom. The summed E-state index contributed by atoms with van der Waals surface area (Å²) >= 11 is 0. The Bertz CT molecular complexity index is 518. The first-order valence-electron chi connectivity index (χ1n) is 7.21. The Balaban J connectivity index is 1.42. The van der Waals surface area contributed by atoms with E-state index >= 15 is 0 Å². The maximum atomic E-state index is 12.0. The number of likely N-dealkylation sites (tertiary alicyclic amines) is 1. The second-order valence-electron chi connectivity index (χ2n) is 5.72. The maximum absolute atomic E-state index is 12.0. The van der Waals surface area contributed by atoms with Crippen molar-refractivity contribution in [2.45, 2.75) is 13.0 Å². The molecule has 0 bridgehead atoms. The van der Waals surface area contributed by atoms with Crippen LogP contribution in [0.3, 0.4) is 0 Å². The minimum absolute atomic E-state index is 0.160. The van der Waals surface area contributed by atoms with Gasteiger partial charge in [0.2, 0.25) is 0 Å². The van der Waals surface area contributed by atoms with Crippen molar-refractivity contribution < 1.29 is 19.1 Å². The number of rotatable bonds is 4. The zero-order valence-electron chi connectivity index (χ0n) is 12.0. The highest BCUT2D eigenvalue weighted by atomic mass is 16.6. The molecule has 3 rings (SSSR count). The lowest BCUT2D eigenvalue weighted by Gasteiger charge is -2.19. The molecule has 112 valence electrons. The Labute approximate surface area is 123 Å². The molecule has 1 aromatic carbocycles. The Hall–Kier alpha value is -2.04. The van der Waals surface area contributed by atoms with Crippen molar-refractivity contribution in [3.8, 4) is 0 Å². The van der Waals surface area contributed by atoms with E-state index in [0.29, 0.717) is 43.9 Å². The summed E-state index contributed by atoms with van der Waals surface area (Å²) in [6.07, 6.45) is 0.210. The first-order valence-corrected chi connectivity index (χ1v) is 7.21. The van der Waals surface area contributed by atoms with E-state index < -0.39 is 0 Å². The lowest BCUT2D eigenvalue weighted by atomic mass is 10.2. The quantitative estimate of drug-likeness (QED) is 0.796. The van der Waals surface area contributed by atoms with E-state index in [9.17, 15) is 9.59 Å². The molecule has 2 aliphatic rings. The van der Waals surface area contributed by atoms with Crippen LogP contribution >= 0.6 is 0 Å². The summed E-state index contributed by atoms with van der Waals surface area (Å²) in [4.78, 5) is 25.0. The van der Waals surface area contributed by atoms with Gasteiger partial charge in [-0.15, -0.1) is 0 Å². The first kappa shape index (κ1) is 13.9. The number of hydrogen-bond acceptors (Lipinski definition) is 4. The summed E-state index contributed by atoms with van der Waals surface area (Å²) in [5, 5.41) is 0. The van der Waals surface area contributed by atoms with Crippen LogP contribution in [0.5, 0.6) is 0 Å². The van der Waals surface area contributed by atoms with Crippen LogP contribution in [0, 0.1) is 17.8 Å². The third-order valence-electron chi connectivity index (χ3n) is 4.46. The van der Waals surface area contributed by atoms with Gasteiger partial charge in [-0.1, -0.05) is 30.3 Å². The molecular weight excluding hydrogens is 270 g/mol. The number of fused-ring (bicyclic) bond motifs is 1. The monoisotopic (exact) mass is 289 g/mol. The van der Waals surface area contributed by atoms with Crippen molar-refractivity contribution >= 4 is 12.1 Å². The molecule has 1 saturated heterocycles. The van der Waals surface area contributed by atoms with E-state index in [4.69, 9.17) is 4.74 Å².